The minimum Gasteiger partial charge on any atom is -0.327 e. The van der Waals surface area contributed by atoms with Gasteiger partial charge in [-0.1, -0.05) is 0 Å². The van der Waals surface area contributed by atoms with Crippen LogP contribution < -0.4 is 4.72 Å². The summed E-state index contributed by atoms with van der Waals surface area (Å²) in [6.45, 7) is 0.627. The Bertz CT molecular complexity index is 763. The molecular weight excluding hydrogens is 385 g/mol. The van der Waals surface area contributed by atoms with Crippen molar-refractivity contribution in [1.29, 1.82) is 0 Å². The molecule has 0 unspecified atom stereocenters. The lowest BCUT2D eigenvalue weighted by Gasteiger charge is -2.09. The van der Waals surface area contributed by atoms with Crippen LogP contribution in [-0.2, 0) is 23.0 Å². The number of nitrogens with one attached hydrogen (secondary N) is 1. The monoisotopic (exact) mass is 397 g/mol. The van der Waals surface area contributed by atoms with E-state index in [1.165, 1.54) is 6.07 Å². The van der Waals surface area contributed by atoms with Gasteiger partial charge < -0.3 is 4.57 Å². The van der Waals surface area contributed by atoms with Crippen LogP contribution in [0.25, 0.3) is 11.0 Å². The quantitative estimate of drug-likeness (QED) is 0.759. The van der Waals surface area contributed by atoms with E-state index in [4.69, 9.17) is 11.6 Å². The van der Waals surface area contributed by atoms with Gasteiger partial charge in [0.2, 0.25) is 10.0 Å². The summed E-state index contributed by atoms with van der Waals surface area (Å²) in [7, 11) is -3.25. The van der Waals surface area contributed by atoms with E-state index in [2.05, 4.69) is 25.6 Å². The molecule has 5 nitrogen and oxygen atoms in total. The van der Waals surface area contributed by atoms with Gasteiger partial charge >= 0.3 is 0 Å². The van der Waals surface area contributed by atoms with E-state index in [1.807, 2.05) is 4.57 Å². The Labute approximate surface area is 135 Å². The lowest BCUT2D eigenvalue weighted by Crippen LogP contribution is -2.26. The molecule has 0 spiro atoms. The predicted octanol–water partition coefficient (Wildman–Crippen LogP) is 2.27. The van der Waals surface area contributed by atoms with Gasteiger partial charge in [-0.2, -0.15) is 0 Å². The van der Waals surface area contributed by atoms with Gasteiger partial charge in [-0.05, 0) is 22.0 Å². The van der Waals surface area contributed by atoms with Gasteiger partial charge in [-0.3, -0.25) is 0 Å². The zero-order valence-electron chi connectivity index (χ0n) is 11.2. The van der Waals surface area contributed by atoms with Crippen molar-refractivity contribution in [3.63, 3.8) is 0 Å². The Morgan fingerprint density at radius 1 is 1.48 bits per heavy atom. The number of rotatable bonds is 6. The van der Waals surface area contributed by atoms with Crippen LogP contribution in [0.1, 0.15) is 5.82 Å². The van der Waals surface area contributed by atoms with E-state index in [0.717, 1.165) is 11.8 Å². The van der Waals surface area contributed by atoms with E-state index in [0.29, 0.717) is 34.7 Å². The van der Waals surface area contributed by atoms with Crippen LogP contribution in [0.15, 0.2) is 16.6 Å². The molecule has 0 amide bonds. The van der Waals surface area contributed by atoms with Crippen LogP contribution in [0, 0.1) is 5.82 Å². The molecule has 1 aromatic carbocycles. The normalized spacial score (nSPS) is 12.2. The van der Waals surface area contributed by atoms with Gasteiger partial charge in [-0.25, -0.2) is 22.5 Å². The summed E-state index contributed by atoms with van der Waals surface area (Å²) in [5.74, 6) is 0.693. The van der Waals surface area contributed by atoms with Gasteiger partial charge in [0, 0.05) is 31.5 Å². The maximum absolute atomic E-state index is 13.6. The van der Waals surface area contributed by atoms with Crippen molar-refractivity contribution in [2.24, 2.45) is 0 Å². The molecule has 1 heterocycles. The summed E-state index contributed by atoms with van der Waals surface area (Å²) in [4.78, 5) is 4.36. The van der Waals surface area contributed by atoms with Crippen LogP contribution in [0.3, 0.4) is 0 Å². The minimum atomic E-state index is -3.25. The summed E-state index contributed by atoms with van der Waals surface area (Å²) in [5.41, 5.74) is 1.26. The van der Waals surface area contributed by atoms with E-state index in [-0.39, 0.29) is 12.4 Å². The molecule has 0 atom stereocenters. The summed E-state index contributed by atoms with van der Waals surface area (Å²) >= 11 is 8.90. The first-order valence-corrected chi connectivity index (χ1v) is 9.38. The molecule has 0 bridgehead atoms. The smallest absolute Gasteiger partial charge is 0.208 e. The first-order valence-electron chi connectivity index (χ1n) is 6.16. The maximum Gasteiger partial charge on any atom is 0.208 e. The highest BCUT2D eigenvalue weighted by molar-refractivity contribution is 9.10. The first-order chi connectivity index (χ1) is 9.81. The van der Waals surface area contributed by atoms with Gasteiger partial charge in [0.1, 0.15) is 11.6 Å². The average molecular weight is 399 g/mol. The first kappa shape index (κ1) is 16.7. The highest BCUT2D eigenvalue weighted by Crippen LogP contribution is 2.24. The van der Waals surface area contributed by atoms with Crippen molar-refractivity contribution in [1.82, 2.24) is 14.3 Å². The Kier molecular flexibility index (Phi) is 5.24. The van der Waals surface area contributed by atoms with Crippen molar-refractivity contribution in [3.8, 4) is 0 Å². The Hall–Kier alpha value is -0.700. The van der Waals surface area contributed by atoms with Gasteiger partial charge in [-0.15, -0.1) is 11.6 Å². The van der Waals surface area contributed by atoms with Crippen LogP contribution in [-0.4, -0.2) is 36.6 Å². The number of imidazole rings is 1. The summed E-state index contributed by atoms with van der Waals surface area (Å²) in [5, 5.41) is 0. The number of benzene rings is 1. The largest absolute Gasteiger partial charge is 0.327 e. The van der Waals surface area contributed by atoms with Crippen LogP contribution in [0.5, 0.6) is 0 Å². The molecule has 1 N–H and O–H groups in total. The van der Waals surface area contributed by atoms with Crippen molar-refractivity contribution in [2.75, 3.05) is 18.7 Å². The van der Waals surface area contributed by atoms with E-state index >= 15 is 0 Å². The number of nitrogens with zero attached hydrogens (tertiary/aromatic N) is 2. The fourth-order valence-electron chi connectivity index (χ4n) is 2.04. The number of halogens is 3. The molecule has 0 fully saturated rings. The summed E-state index contributed by atoms with van der Waals surface area (Å²) < 4.78 is 40.4. The Balaban J connectivity index is 2.38. The molecule has 1 aromatic heterocycles. The lowest BCUT2D eigenvalue weighted by molar-refractivity contribution is 0.577. The summed E-state index contributed by atoms with van der Waals surface area (Å²) in [6, 6.07) is 2.98. The van der Waals surface area contributed by atoms with Gasteiger partial charge in [0.25, 0.3) is 0 Å². The second-order valence-corrected chi connectivity index (χ2v) is 7.61. The highest BCUT2D eigenvalue weighted by Gasteiger charge is 2.13. The number of aryl methyl sites for hydroxylation is 1. The van der Waals surface area contributed by atoms with Crippen LogP contribution >= 0.6 is 27.5 Å². The standard InChI is InChI=1S/C12H14BrClFN3O2S/c1-21(19,20)16-4-5-18-11-6-8(13)9(15)7-10(11)17-12(18)2-3-14/h6-7,16H,2-5H2,1H3. The minimum absolute atomic E-state index is 0.231. The molecule has 0 aliphatic carbocycles. The topological polar surface area (TPSA) is 64.0 Å². The molecule has 0 aliphatic heterocycles. The molecule has 0 radical (unpaired) electrons. The SMILES string of the molecule is CS(=O)(=O)NCCn1c(CCCl)nc2cc(F)c(Br)cc21. The van der Waals surface area contributed by atoms with Crippen molar-refractivity contribution in [2.45, 2.75) is 13.0 Å². The zero-order chi connectivity index (χ0) is 15.6. The number of sulfonamides is 1. The van der Waals surface area contributed by atoms with E-state index in [1.54, 1.807) is 6.07 Å². The van der Waals surface area contributed by atoms with Crippen molar-refractivity contribution < 1.29 is 12.8 Å². The zero-order valence-corrected chi connectivity index (χ0v) is 14.4. The van der Waals surface area contributed by atoms with E-state index < -0.39 is 10.0 Å². The predicted molar refractivity (Wildman–Crippen MR) is 84.7 cm³/mol. The highest BCUT2D eigenvalue weighted by atomic mass is 79.9. The van der Waals surface area contributed by atoms with E-state index in [9.17, 15) is 12.8 Å². The molecule has 2 aromatic rings. The number of hydrogen-bond acceptors (Lipinski definition) is 3. The van der Waals surface area contributed by atoms with Crippen molar-refractivity contribution in [3.05, 3.63) is 28.2 Å². The third-order valence-corrected chi connectivity index (χ3v) is 4.41. The molecule has 0 saturated heterocycles. The average Bonchev–Trinajstić information content (AvgIpc) is 2.67. The molecule has 2 rings (SSSR count). The van der Waals surface area contributed by atoms with Gasteiger partial charge in [0.05, 0.1) is 21.8 Å². The summed E-state index contributed by atoms with van der Waals surface area (Å²) in [6.07, 6.45) is 1.62. The van der Waals surface area contributed by atoms with Crippen LogP contribution in [0.4, 0.5) is 4.39 Å². The molecular formula is C12H14BrClFN3O2S. The second-order valence-electron chi connectivity index (χ2n) is 4.54. The fraction of sp³-hybridized carbons (Fsp3) is 0.417. The molecule has 116 valence electrons. The maximum atomic E-state index is 13.6. The number of alkyl halides is 1. The second kappa shape index (κ2) is 6.60. The van der Waals surface area contributed by atoms with Crippen LogP contribution in [0.2, 0.25) is 0 Å². The third-order valence-electron chi connectivity index (χ3n) is 2.89. The molecule has 0 aliphatic rings. The Morgan fingerprint density at radius 2 is 2.19 bits per heavy atom. The molecule has 21 heavy (non-hydrogen) atoms. The third kappa shape index (κ3) is 4.15. The molecule has 0 saturated carbocycles. The number of aromatic nitrogens is 2. The van der Waals surface area contributed by atoms with Crippen molar-refractivity contribution >= 4 is 48.6 Å². The number of hydrogen-bond donors (Lipinski definition) is 1. The number of fused-ring (bicyclic) bond motifs is 1. The fourth-order valence-corrected chi connectivity index (χ4v) is 3.00. The Morgan fingerprint density at radius 3 is 2.81 bits per heavy atom. The van der Waals surface area contributed by atoms with Gasteiger partial charge in [0.15, 0.2) is 0 Å². The lowest BCUT2D eigenvalue weighted by atomic mass is 10.3. The molecule has 9 heteroatoms.